The van der Waals surface area contributed by atoms with Crippen LogP contribution in [-0.4, -0.2) is 17.5 Å². The Morgan fingerprint density at radius 3 is 2.35 bits per heavy atom. The van der Waals surface area contributed by atoms with Crippen LogP contribution in [0.3, 0.4) is 0 Å². The molecular formula is C16H21N3O. The molecule has 1 aromatic carbocycles. The Morgan fingerprint density at radius 1 is 1.20 bits per heavy atom. The van der Waals surface area contributed by atoms with Crippen molar-refractivity contribution in [1.29, 1.82) is 0 Å². The summed E-state index contributed by atoms with van der Waals surface area (Å²) in [5.41, 5.74) is 10.2. The number of amides is 1. The van der Waals surface area contributed by atoms with Crippen molar-refractivity contribution in [3.05, 3.63) is 47.3 Å². The molecule has 0 atom stereocenters. The number of anilines is 2. The van der Waals surface area contributed by atoms with E-state index in [-0.39, 0.29) is 5.91 Å². The van der Waals surface area contributed by atoms with E-state index in [0.717, 1.165) is 23.4 Å². The number of carbonyl (C=O) groups excluding carboxylic acids is 1. The van der Waals surface area contributed by atoms with Gasteiger partial charge >= 0.3 is 0 Å². The van der Waals surface area contributed by atoms with Gasteiger partial charge in [-0.15, -0.1) is 0 Å². The summed E-state index contributed by atoms with van der Waals surface area (Å²) in [6.45, 7) is 6.77. The van der Waals surface area contributed by atoms with Crippen LogP contribution in [0.4, 0.5) is 11.4 Å². The van der Waals surface area contributed by atoms with Crippen molar-refractivity contribution in [1.82, 2.24) is 4.57 Å². The van der Waals surface area contributed by atoms with Gasteiger partial charge in [0.2, 0.25) is 0 Å². The molecule has 0 aliphatic heterocycles. The van der Waals surface area contributed by atoms with E-state index in [1.54, 1.807) is 24.2 Å². The Labute approximate surface area is 119 Å². The average molecular weight is 271 g/mol. The zero-order valence-electron chi connectivity index (χ0n) is 12.5. The van der Waals surface area contributed by atoms with Gasteiger partial charge < -0.3 is 15.2 Å². The molecule has 20 heavy (non-hydrogen) atoms. The van der Waals surface area contributed by atoms with Crippen LogP contribution in [0.25, 0.3) is 0 Å². The van der Waals surface area contributed by atoms with Gasteiger partial charge in [-0.1, -0.05) is 6.07 Å². The molecule has 1 aromatic heterocycles. The van der Waals surface area contributed by atoms with Gasteiger partial charge in [-0.05, 0) is 50.1 Å². The SMILES string of the molecule is CCn1cc(N)cc1C(=O)N(C)c1cc(C)cc(C)c1. The maximum Gasteiger partial charge on any atom is 0.274 e. The molecule has 0 bridgehead atoms. The summed E-state index contributed by atoms with van der Waals surface area (Å²) in [6, 6.07) is 7.83. The summed E-state index contributed by atoms with van der Waals surface area (Å²) in [5, 5.41) is 0. The van der Waals surface area contributed by atoms with Crippen molar-refractivity contribution < 1.29 is 4.79 Å². The van der Waals surface area contributed by atoms with E-state index in [1.807, 2.05) is 37.5 Å². The highest BCUT2D eigenvalue weighted by Gasteiger charge is 2.18. The van der Waals surface area contributed by atoms with Crippen LogP contribution in [0, 0.1) is 13.8 Å². The topological polar surface area (TPSA) is 51.3 Å². The quantitative estimate of drug-likeness (QED) is 0.933. The molecule has 0 unspecified atom stereocenters. The van der Waals surface area contributed by atoms with Crippen LogP contribution in [-0.2, 0) is 6.54 Å². The summed E-state index contributed by atoms with van der Waals surface area (Å²) in [7, 11) is 1.79. The number of hydrogen-bond donors (Lipinski definition) is 1. The lowest BCUT2D eigenvalue weighted by Crippen LogP contribution is -2.28. The van der Waals surface area contributed by atoms with Crippen molar-refractivity contribution in [2.24, 2.45) is 0 Å². The van der Waals surface area contributed by atoms with Crippen molar-refractivity contribution in [2.45, 2.75) is 27.3 Å². The minimum atomic E-state index is -0.0476. The molecule has 0 fully saturated rings. The molecule has 0 aliphatic carbocycles. The normalized spacial score (nSPS) is 10.6. The van der Waals surface area contributed by atoms with Gasteiger partial charge in [0, 0.05) is 25.5 Å². The second-order valence-electron chi connectivity index (χ2n) is 5.15. The van der Waals surface area contributed by atoms with E-state index in [0.29, 0.717) is 11.4 Å². The van der Waals surface area contributed by atoms with Crippen LogP contribution in [0.2, 0.25) is 0 Å². The summed E-state index contributed by atoms with van der Waals surface area (Å²) in [6.07, 6.45) is 1.79. The minimum absolute atomic E-state index is 0.0476. The van der Waals surface area contributed by atoms with Gasteiger partial charge in [0.05, 0.1) is 5.69 Å². The summed E-state index contributed by atoms with van der Waals surface area (Å²) in [4.78, 5) is 14.3. The first kappa shape index (κ1) is 14.2. The van der Waals surface area contributed by atoms with E-state index in [9.17, 15) is 4.79 Å². The molecule has 4 heteroatoms. The lowest BCUT2D eigenvalue weighted by molar-refractivity contribution is 0.0984. The van der Waals surface area contributed by atoms with E-state index >= 15 is 0 Å². The second-order valence-corrected chi connectivity index (χ2v) is 5.15. The molecular weight excluding hydrogens is 250 g/mol. The molecule has 2 rings (SSSR count). The highest BCUT2D eigenvalue weighted by Crippen LogP contribution is 2.21. The molecule has 1 heterocycles. The number of rotatable bonds is 3. The monoisotopic (exact) mass is 271 g/mol. The molecule has 0 aliphatic rings. The van der Waals surface area contributed by atoms with Gasteiger partial charge in [-0.2, -0.15) is 0 Å². The maximum absolute atomic E-state index is 12.6. The van der Waals surface area contributed by atoms with E-state index in [1.165, 1.54) is 0 Å². The fraction of sp³-hybridized carbons (Fsp3) is 0.312. The smallest absolute Gasteiger partial charge is 0.274 e. The standard InChI is InChI=1S/C16H21N3O/c1-5-19-10-13(17)9-15(19)16(20)18(4)14-7-11(2)6-12(3)8-14/h6-10H,5,17H2,1-4H3. The zero-order valence-corrected chi connectivity index (χ0v) is 12.5. The Bertz CT molecular complexity index is 623. The molecule has 4 nitrogen and oxygen atoms in total. The third-order valence-electron chi connectivity index (χ3n) is 3.38. The average Bonchev–Trinajstić information content (AvgIpc) is 2.77. The molecule has 0 saturated carbocycles. The second kappa shape index (κ2) is 5.41. The highest BCUT2D eigenvalue weighted by atomic mass is 16.2. The lowest BCUT2D eigenvalue weighted by Gasteiger charge is -2.19. The maximum atomic E-state index is 12.6. The highest BCUT2D eigenvalue weighted by molar-refractivity contribution is 6.05. The van der Waals surface area contributed by atoms with Crippen LogP contribution >= 0.6 is 0 Å². The molecule has 2 N–H and O–H groups in total. The number of hydrogen-bond acceptors (Lipinski definition) is 2. The van der Waals surface area contributed by atoms with Gasteiger partial charge in [0.1, 0.15) is 5.69 Å². The van der Waals surface area contributed by atoms with Gasteiger partial charge in [-0.3, -0.25) is 4.79 Å². The largest absolute Gasteiger partial charge is 0.397 e. The van der Waals surface area contributed by atoms with E-state index in [4.69, 9.17) is 5.73 Å². The number of carbonyl (C=O) groups is 1. The number of nitrogen functional groups attached to an aromatic ring is 1. The van der Waals surface area contributed by atoms with Crippen LogP contribution in [0.5, 0.6) is 0 Å². The molecule has 0 saturated heterocycles. The van der Waals surface area contributed by atoms with Gasteiger partial charge in [0.15, 0.2) is 0 Å². The summed E-state index contributed by atoms with van der Waals surface area (Å²) < 4.78 is 1.87. The third kappa shape index (κ3) is 2.69. The molecule has 2 aromatic rings. The number of aromatic nitrogens is 1. The van der Waals surface area contributed by atoms with Crippen molar-refractivity contribution in [2.75, 3.05) is 17.7 Å². The first-order valence-electron chi connectivity index (χ1n) is 6.74. The van der Waals surface area contributed by atoms with Crippen molar-refractivity contribution in [3.8, 4) is 0 Å². The van der Waals surface area contributed by atoms with E-state index in [2.05, 4.69) is 6.07 Å². The third-order valence-corrected chi connectivity index (χ3v) is 3.38. The molecule has 1 amide bonds. The van der Waals surface area contributed by atoms with Gasteiger partial charge in [0.25, 0.3) is 5.91 Å². The lowest BCUT2D eigenvalue weighted by atomic mass is 10.1. The summed E-state index contributed by atoms with van der Waals surface area (Å²) in [5.74, 6) is -0.0476. The number of aryl methyl sites for hydroxylation is 3. The minimum Gasteiger partial charge on any atom is -0.397 e. The van der Waals surface area contributed by atoms with Crippen LogP contribution < -0.4 is 10.6 Å². The first-order valence-corrected chi connectivity index (χ1v) is 6.74. The van der Waals surface area contributed by atoms with Crippen LogP contribution in [0.1, 0.15) is 28.5 Å². The summed E-state index contributed by atoms with van der Waals surface area (Å²) >= 11 is 0. The Morgan fingerprint density at radius 2 is 1.80 bits per heavy atom. The van der Waals surface area contributed by atoms with Crippen molar-refractivity contribution >= 4 is 17.3 Å². The fourth-order valence-electron chi connectivity index (χ4n) is 2.41. The molecule has 0 spiro atoms. The fourth-order valence-corrected chi connectivity index (χ4v) is 2.41. The first-order chi connectivity index (χ1) is 9.42. The number of nitrogens with two attached hydrogens (primary N) is 1. The Balaban J connectivity index is 2.36. The Kier molecular flexibility index (Phi) is 3.84. The van der Waals surface area contributed by atoms with Crippen molar-refractivity contribution in [3.63, 3.8) is 0 Å². The molecule has 0 radical (unpaired) electrons. The number of benzene rings is 1. The van der Waals surface area contributed by atoms with Crippen LogP contribution in [0.15, 0.2) is 30.5 Å². The van der Waals surface area contributed by atoms with Gasteiger partial charge in [-0.25, -0.2) is 0 Å². The Hall–Kier alpha value is -2.23. The van der Waals surface area contributed by atoms with E-state index < -0.39 is 0 Å². The zero-order chi connectivity index (χ0) is 14.9. The number of nitrogens with zero attached hydrogens (tertiary/aromatic N) is 2. The predicted octanol–water partition coefficient (Wildman–Crippen LogP) is 2.98. The molecule has 106 valence electrons. The predicted molar refractivity (Wildman–Crippen MR) is 83.2 cm³/mol.